The topological polar surface area (TPSA) is 38.0 Å². The van der Waals surface area contributed by atoms with Crippen molar-refractivity contribution in [1.29, 1.82) is 0 Å². The first-order chi connectivity index (χ1) is 13.4. The molecule has 28 heavy (non-hydrogen) atoms. The predicted molar refractivity (Wildman–Crippen MR) is 116 cm³/mol. The molecule has 0 atom stereocenters. The molecule has 0 saturated heterocycles. The monoisotopic (exact) mass is 366 g/mol. The molecule has 2 aromatic heterocycles. The number of aryl methyl sites for hydroxylation is 1. The zero-order valence-corrected chi connectivity index (χ0v) is 16.3. The summed E-state index contributed by atoms with van der Waals surface area (Å²) >= 11 is 0. The van der Waals surface area contributed by atoms with Crippen molar-refractivity contribution in [1.82, 2.24) is 9.55 Å². The Morgan fingerprint density at radius 1 is 0.821 bits per heavy atom. The summed E-state index contributed by atoms with van der Waals surface area (Å²) in [5, 5.41) is 15.4. The van der Waals surface area contributed by atoms with Crippen LogP contribution in [0.1, 0.15) is 19.5 Å². The molecule has 0 aliphatic rings. The van der Waals surface area contributed by atoms with Crippen LogP contribution in [0, 0.1) is 0 Å². The molecule has 0 spiro atoms. The lowest BCUT2D eigenvalue weighted by Crippen LogP contribution is -2.18. The van der Waals surface area contributed by atoms with Crippen LogP contribution in [-0.4, -0.2) is 14.7 Å². The van der Waals surface area contributed by atoms with Crippen LogP contribution in [0.3, 0.4) is 0 Å². The van der Waals surface area contributed by atoms with E-state index in [0.29, 0.717) is 5.69 Å². The van der Waals surface area contributed by atoms with E-state index in [4.69, 9.17) is 4.98 Å². The van der Waals surface area contributed by atoms with Crippen LogP contribution < -0.4 is 0 Å². The number of nitrogens with zero attached hydrogens (tertiary/aromatic N) is 2. The van der Waals surface area contributed by atoms with E-state index in [-0.39, 0.29) is 0 Å². The molecule has 0 saturated carbocycles. The van der Waals surface area contributed by atoms with E-state index in [1.807, 2.05) is 6.07 Å². The number of fused-ring (bicyclic) bond motifs is 4. The van der Waals surface area contributed by atoms with Crippen molar-refractivity contribution in [2.45, 2.75) is 19.4 Å². The van der Waals surface area contributed by atoms with E-state index in [1.165, 1.54) is 16.2 Å². The second kappa shape index (κ2) is 5.91. The Morgan fingerprint density at radius 2 is 1.54 bits per heavy atom. The highest BCUT2D eigenvalue weighted by Crippen LogP contribution is 2.37. The minimum absolute atomic E-state index is 0.680. The summed E-state index contributed by atoms with van der Waals surface area (Å²) in [6.07, 6.45) is 0. The highest BCUT2D eigenvalue weighted by Gasteiger charge is 2.23. The van der Waals surface area contributed by atoms with Gasteiger partial charge in [0.25, 0.3) is 0 Å². The molecule has 1 N–H and O–H groups in total. The molecule has 3 heteroatoms. The van der Waals surface area contributed by atoms with Crippen LogP contribution in [0.25, 0.3) is 43.8 Å². The quantitative estimate of drug-likeness (QED) is 0.430. The molecule has 5 aromatic rings. The molecule has 138 valence electrons. The van der Waals surface area contributed by atoms with E-state index >= 15 is 0 Å². The lowest BCUT2D eigenvalue weighted by Gasteiger charge is -2.19. The van der Waals surface area contributed by atoms with Crippen LogP contribution >= 0.6 is 0 Å². The molecule has 0 unspecified atom stereocenters. The molecule has 0 aliphatic heterocycles. The van der Waals surface area contributed by atoms with Gasteiger partial charge < -0.3 is 9.67 Å². The van der Waals surface area contributed by atoms with Crippen LogP contribution in [0.4, 0.5) is 0 Å². The van der Waals surface area contributed by atoms with Crippen molar-refractivity contribution in [3.8, 4) is 11.3 Å². The van der Waals surface area contributed by atoms with Crippen molar-refractivity contribution >= 4 is 32.6 Å². The minimum atomic E-state index is -1.02. The second-order valence-corrected chi connectivity index (χ2v) is 7.95. The Balaban J connectivity index is 1.93. The normalized spacial score (nSPS) is 12.3. The molecule has 0 aliphatic carbocycles. The first kappa shape index (κ1) is 17.0. The van der Waals surface area contributed by atoms with Gasteiger partial charge in [-0.3, -0.25) is 0 Å². The molecule has 0 fully saturated rings. The summed E-state index contributed by atoms with van der Waals surface area (Å²) in [5.41, 5.74) is 3.87. The Kier molecular flexibility index (Phi) is 3.58. The maximum absolute atomic E-state index is 10.7. The number of aliphatic hydroxyl groups is 1. The first-order valence-corrected chi connectivity index (χ1v) is 9.54. The van der Waals surface area contributed by atoms with Crippen molar-refractivity contribution in [3.05, 3.63) is 78.5 Å². The molecule has 3 aromatic carbocycles. The summed E-state index contributed by atoms with van der Waals surface area (Å²) < 4.78 is 2.20. The van der Waals surface area contributed by atoms with E-state index in [1.54, 1.807) is 13.8 Å². The fraction of sp³-hybridized carbons (Fsp3) is 0.160. The summed E-state index contributed by atoms with van der Waals surface area (Å²) in [4.78, 5) is 4.93. The zero-order valence-electron chi connectivity index (χ0n) is 16.3. The van der Waals surface area contributed by atoms with Crippen LogP contribution in [-0.2, 0) is 12.6 Å². The van der Waals surface area contributed by atoms with Gasteiger partial charge in [0, 0.05) is 28.9 Å². The SMILES string of the molecule is Cn1c2ccccc2c2cc(C(C)(C)O)nc(-c3ccc4ccccc4c3)c21. The van der Waals surface area contributed by atoms with E-state index in [0.717, 1.165) is 27.7 Å². The van der Waals surface area contributed by atoms with Gasteiger partial charge in [0.15, 0.2) is 0 Å². The number of aromatic nitrogens is 2. The number of hydrogen-bond acceptors (Lipinski definition) is 2. The summed E-state index contributed by atoms with van der Waals surface area (Å²) in [5.74, 6) is 0. The molecule has 5 rings (SSSR count). The molecule has 0 bridgehead atoms. The second-order valence-electron chi connectivity index (χ2n) is 7.95. The average Bonchev–Trinajstić information content (AvgIpc) is 2.99. The number of hydrogen-bond donors (Lipinski definition) is 1. The Morgan fingerprint density at radius 3 is 2.32 bits per heavy atom. The van der Waals surface area contributed by atoms with E-state index in [9.17, 15) is 5.11 Å². The van der Waals surface area contributed by atoms with E-state index < -0.39 is 5.60 Å². The molecule has 3 nitrogen and oxygen atoms in total. The van der Waals surface area contributed by atoms with Gasteiger partial charge >= 0.3 is 0 Å². The van der Waals surface area contributed by atoms with Gasteiger partial charge in [0.1, 0.15) is 5.60 Å². The maximum Gasteiger partial charge on any atom is 0.101 e. The third-order valence-corrected chi connectivity index (χ3v) is 5.53. The number of para-hydroxylation sites is 1. The molecular weight excluding hydrogens is 344 g/mol. The molecule has 0 radical (unpaired) electrons. The largest absolute Gasteiger partial charge is 0.384 e. The van der Waals surface area contributed by atoms with Gasteiger partial charge in [-0.05, 0) is 42.8 Å². The number of benzene rings is 3. The number of pyridine rings is 1. The van der Waals surface area contributed by atoms with Crippen molar-refractivity contribution in [2.24, 2.45) is 7.05 Å². The van der Waals surface area contributed by atoms with Crippen molar-refractivity contribution in [2.75, 3.05) is 0 Å². The lowest BCUT2D eigenvalue weighted by atomic mass is 9.98. The standard InChI is InChI=1S/C25H22N2O/c1-25(2,28)22-15-20-19-10-6-7-11-21(19)27(3)24(20)23(26-22)18-13-12-16-8-4-5-9-17(16)14-18/h4-15,28H,1-3H3. The third kappa shape index (κ3) is 2.51. The van der Waals surface area contributed by atoms with Crippen LogP contribution in [0.15, 0.2) is 72.8 Å². The van der Waals surface area contributed by atoms with Gasteiger partial charge in [-0.15, -0.1) is 0 Å². The van der Waals surface area contributed by atoms with Crippen molar-refractivity contribution in [3.63, 3.8) is 0 Å². The Bertz CT molecular complexity index is 1360. The summed E-state index contributed by atoms with van der Waals surface area (Å²) in [6.45, 7) is 3.58. The minimum Gasteiger partial charge on any atom is -0.384 e. The zero-order chi connectivity index (χ0) is 19.5. The lowest BCUT2D eigenvalue weighted by molar-refractivity contribution is 0.0741. The van der Waals surface area contributed by atoms with Crippen LogP contribution in [0.5, 0.6) is 0 Å². The highest BCUT2D eigenvalue weighted by atomic mass is 16.3. The fourth-order valence-corrected chi connectivity index (χ4v) is 4.05. The molecular formula is C25H22N2O. The smallest absolute Gasteiger partial charge is 0.101 e. The Hall–Kier alpha value is -3.17. The third-order valence-electron chi connectivity index (χ3n) is 5.53. The van der Waals surface area contributed by atoms with Crippen LogP contribution in [0.2, 0.25) is 0 Å². The Labute approximate surface area is 163 Å². The van der Waals surface area contributed by atoms with Crippen molar-refractivity contribution < 1.29 is 5.11 Å². The van der Waals surface area contributed by atoms with Gasteiger partial charge in [0.05, 0.1) is 16.9 Å². The average molecular weight is 366 g/mol. The molecule has 2 heterocycles. The van der Waals surface area contributed by atoms with E-state index in [2.05, 4.69) is 78.3 Å². The van der Waals surface area contributed by atoms with Gasteiger partial charge in [-0.1, -0.05) is 54.6 Å². The summed E-state index contributed by atoms with van der Waals surface area (Å²) in [7, 11) is 2.08. The summed E-state index contributed by atoms with van der Waals surface area (Å²) in [6, 6.07) is 25.2. The van der Waals surface area contributed by atoms with Gasteiger partial charge in [-0.25, -0.2) is 4.98 Å². The fourth-order valence-electron chi connectivity index (χ4n) is 4.05. The predicted octanol–water partition coefficient (Wildman–Crippen LogP) is 5.77. The molecule has 0 amide bonds. The highest BCUT2D eigenvalue weighted by molar-refractivity contribution is 6.12. The number of rotatable bonds is 2. The maximum atomic E-state index is 10.7. The van der Waals surface area contributed by atoms with Gasteiger partial charge in [-0.2, -0.15) is 0 Å². The van der Waals surface area contributed by atoms with Gasteiger partial charge in [0.2, 0.25) is 0 Å². The first-order valence-electron chi connectivity index (χ1n) is 9.54.